The standard InChI is InChI=1S/C18H22BrN3O2/c1-18(2,3)11-15(23)22-10-4-5-14(22)17-20-16(21-24-17)12-6-8-13(19)9-7-12/h6-9,14H,4-5,10-11H2,1-3H3. The second-order valence-corrected chi connectivity index (χ2v) is 8.36. The Kier molecular flexibility index (Phi) is 4.76. The third-order valence-corrected chi connectivity index (χ3v) is 4.61. The number of rotatable bonds is 3. The third-order valence-electron chi connectivity index (χ3n) is 4.08. The van der Waals surface area contributed by atoms with Crippen LogP contribution in [0.15, 0.2) is 33.3 Å². The highest BCUT2D eigenvalue weighted by Crippen LogP contribution is 2.34. The van der Waals surface area contributed by atoms with E-state index in [9.17, 15) is 4.79 Å². The van der Waals surface area contributed by atoms with E-state index < -0.39 is 0 Å². The number of benzene rings is 1. The van der Waals surface area contributed by atoms with Gasteiger partial charge in [0.15, 0.2) is 0 Å². The maximum Gasteiger partial charge on any atom is 0.249 e. The summed E-state index contributed by atoms with van der Waals surface area (Å²) in [6.45, 7) is 6.99. The zero-order chi connectivity index (χ0) is 17.3. The summed E-state index contributed by atoms with van der Waals surface area (Å²) in [5.74, 6) is 1.26. The number of hydrogen-bond donors (Lipinski definition) is 0. The third kappa shape index (κ3) is 3.86. The van der Waals surface area contributed by atoms with Crippen LogP contribution in [0.5, 0.6) is 0 Å². The maximum atomic E-state index is 12.6. The normalized spacial score (nSPS) is 18.2. The molecule has 1 aromatic carbocycles. The molecule has 0 aliphatic carbocycles. The van der Waals surface area contributed by atoms with Gasteiger partial charge in [-0.2, -0.15) is 4.98 Å². The average molecular weight is 392 g/mol. The van der Waals surface area contributed by atoms with Crippen LogP contribution in [0.3, 0.4) is 0 Å². The highest BCUT2D eigenvalue weighted by Gasteiger charge is 2.35. The molecule has 3 rings (SSSR count). The van der Waals surface area contributed by atoms with Crippen LogP contribution in [0.4, 0.5) is 0 Å². The summed E-state index contributed by atoms with van der Waals surface area (Å²) >= 11 is 3.42. The van der Waals surface area contributed by atoms with Crippen molar-refractivity contribution in [2.24, 2.45) is 5.41 Å². The van der Waals surface area contributed by atoms with Crippen molar-refractivity contribution in [3.8, 4) is 11.4 Å². The fourth-order valence-electron chi connectivity index (χ4n) is 2.96. The molecular formula is C18H22BrN3O2. The lowest BCUT2D eigenvalue weighted by Crippen LogP contribution is -2.33. The Morgan fingerprint density at radius 2 is 2.04 bits per heavy atom. The van der Waals surface area contributed by atoms with Crippen LogP contribution in [0.25, 0.3) is 11.4 Å². The van der Waals surface area contributed by atoms with Gasteiger partial charge < -0.3 is 9.42 Å². The minimum Gasteiger partial charge on any atom is -0.337 e. The van der Waals surface area contributed by atoms with Gasteiger partial charge in [0.25, 0.3) is 0 Å². The van der Waals surface area contributed by atoms with Crippen LogP contribution < -0.4 is 0 Å². The largest absolute Gasteiger partial charge is 0.337 e. The fraction of sp³-hybridized carbons (Fsp3) is 0.500. The number of nitrogens with zero attached hydrogens (tertiary/aromatic N) is 3. The zero-order valence-corrected chi connectivity index (χ0v) is 15.8. The highest BCUT2D eigenvalue weighted by molar-refractivity contribution is 9.10. The van der Waals surface area contributed by atoms with Crippen molar-refractivity contribution in [1.82, 2.24) is 15.0 Å². The molecule has 1 amide bonds. The Balaban J connectivity index is 1.78. The molecule has 0 spiro atoms. The number of hydrogen-bond acceptors (Lipinski definition) is 4. The number of likely N-dealkylation sites (tertiary alicyclic amines) is 1. The smallest absolute Gasteiger partial charge is 0.249 e. The molecule has 0 N–H and O–H groups in total. The van der Waals surface area contributed by atoms with E-state index in [2.05, 4.69) is 46.8 Å². The van der Waals surface area contributed by atoms with Gasteiger partial charge in [-0.1, -0.05) is 41.9 Å². The molecule has 1 atom stereocenters. The Hall–Kier alpha value is -1.69. The molecule has 1 unspecified atom stereocenters. The Morgan fingerprint density at radius 1 is 1.33 bits per heavy atom. The average Bonchev–Trinajstić information content (AvgIpc) is 3.15. The second-order valence-electron chi connectivity index (χ2n) is 7.45. The second kappa shape index (κ2) is 6.67. The molecule has 0 bridgehead atoms. The lowest BCUT2D eigenvalue weighted by Gasteiger charge is -2.26. The Labute approximate surface area is 150 Å². The van der Waals surface area contributed by atoms with Crippen LogP contribution in [0.1, 0.15) is 52.0 Å². The number of aromatic nitrogens is 2. The van der Waals surface area contributed by atoms with E-state index in [1.807, 2.05) is 29.2 Å². The predicted molar refractivity (Wildman–Crippen MR) is 95.2 cm³/mol. The molecule has 2 heterocycles. The molecule has 1 aromatic heterocycles. The Bertz CT molecular complexity index is 719. The Morgan fingerprint density at radius 3 is 2.71 bits per heavy atom. The summed E-state index contributed by atoms with van der Waals surface area (Å²) in [6, 6.07) is 7.67. The monoisotopic (exact) mass is 391 g/mol. The van der Waals surface area contributed by atoms with Crippen LogP contribution in [-0.2, 0) is 4.79 Å². The van der Waals surface area contributed by atoms with Gasteiger partial charge in [-0.15, -0.1) is 0 Å². The number of amides is 1. The molecule has 6 heteroatoms. The molecule has 0 saturated carbocycles. The first kappa shape index (κ1) is 17.1. The lowest BCUT2D eigenvalue weighted by molar-refractivity contribution is -0.134. The van der Waals surface area contributed by atoms with Crippen molar-refractivity contribution >= 4 is 21.8 Å². The van der Waals surface area contributed by atoms with Crippen LogP contribution >= 0.6 is 15.9 Å². The van der Waals surface area contributed by atoms with E-state index in [4.69, 9.17) is 4.52 Å². The molecule has 2 aromatic rings. The topological polar surface area (TPSA) is 59.2 Å². The first-order valence-corrected chi connectivity index (χ1v) is 9.02. The van der Waals surface area contributed by atoms with Gasteiger partial charge in [-0.05, 0) is 42.5 Å². The summed E-state index contributed by atoms with van der Waals surface area (Å²) in [5, 5.41) is 4.09. The molecular weight excluding hydrogens is 370 g/mol. The molecule has 1 saturated heterocycles. The van der Waals surface area contributed by atoms with Gasteiger partial charge in [0.2, 0.25) is 17.6 Å². The van der Waals surface area contributed by atoms with Crippen molar-refractivity contribution in [2.45, 2.75) is 46.1 Å². The minimum absolute atomic E-state index is 0.0261. The predicted octanol–water partition coefficient (Wildman–Crippen LogP) is 4.60. The van der Waals surface area contributed by atoms with E-state index in [1.54, 1.807) is 0 Å². The number of halogens is 1. The molecule has 128 valence electrons. The fourth-order valence-corrected chi connectivity index (χ4v) is 3.23. The summed E-state index contributed by atoms with van der Waals surface area (Å²) in [4.78, 5) is 19.0. The van der Waals surface area contributed by atoms with Gasteiger partial charge in [0.05, 0.1) is 0 Å². The van der Waals surface area contributed by atoms with Crippen molar-refractivity contribution in [2.75, 3.05) is 6.54 Å². The minimum atomic E-state index is -0.100. The highest BCUT2D eigenvalue weighted by atomic mass is 79.9. The number of carbonyl (C=O) groups excluding carboxylic acids is 1. The summed E-state index contributed by atoms with van der Waals surface area (Å²) in [6.07, 6.45) is 2.37. The molecule has 1 aliphatic heterocycles. The SMILES string of the molecule is CC(C)(C)CC(=O)N1CCCC1c1nc(-c2ccc(Br)cc2)no1. The van der Waals surface area contributed by atoms with Gasteiger partial charge in [-0.3, -0.25) is 4.79 Å². The van der Waals surface area contributed by atoms with E-state index in [0.717, 1.165) is 29.4 Å². The van der Waals surface area contributed by atoms with E-state index in [1.165, 1.54) is 0 Å². The van der Waals surface area contributed by atoms with Crippen LogP contribution in [-0.4, -0.2) is 27.5 Å². The molecule has 1 aliphatic rings. The molecule has 0 radical (unpaired) electrons. The molecule has 24 heavy (non-hydrogen) atoms. The van der Waals surface area contributed by atoms with Gasteiger partial charge in [0.1, 0.15) is 6.04 Å². The van der Waals surface area contributed by atoms with Crippen LogP contribution in [0.2, 0.25) is 0 Å². The number of carbonyl (C=O) groups is 1. The van der Waals surface area contributed by atoms with Gasteiger partial charge in [-0.25, -0.2) is 0 Å². The summed E-state index contributed by atoms with van der Waals surface area (Å²) in [7, 11) is 0. The quantitative estimate of drug-likeness (QED) is 0.766. The van der Waals surface area contributed by atoms with Crippen molar-refractivity contribution in [3.63, 3.8) is 0 Å². The maximum absolute atomic E-state index is 12.6. The first-order valence-electron chi connectivity index (χ1n) is 8.22. The zero-order valence-electron chi connectivity index (χ0n) is 14.3. The van der Waals surface area contributed by atoms with Crippen molar-refractivity contribution in [3.05, 3.63) is 34.6 Å². The van der Waals surface area contributed by atoms with Gasteiger partial charge >= 0.3 is 0 Å². The van der Waals surface area contributed by atoms with E-state index in [-0.39, 0.29) is 17.4 Å². The van der Waals surface area contributed by atoms with Crippen molar-refractivity contribution < 1.29 is 9.32 Å². The van der Waals surface area contributed by atoms with Crippen molar-refractivity contribution in [1.29, 1.82) is 0 Å². The summed E-state index contributed by atoms with van der Waals surface area (Å²) < 4.78 is 6.48. The van der Waals surface area contributed by atoms with Crippen LogP contribution in [0, 0.1) is 5.41 Å². The molecule has 5 nitrogen and oxygen atoms in total. The summed E-state index contributed by atoms with van der Waals surface area (Å²) in [5.41, 5.74) is 0.875. The first-order chi connectivity index (χ1) is 11.3. The van der Waals surface area contributed by atoms with Gasteiger partial charge in [0, 0.05) is 23.0 Å². The van der Waals surface area contributed by atoms with E-state index in [0.29, 0.717) is 18.1 Å². The lowest BCUT2D eigenvalue weighted by atomic mass is 9.91. The molecule has 1 fully saturated rings. The van der Waals surface area contributed by atoms with E-state index >= 15 is 0 Å².